The number of aliphatic carboxylic acids is 1. The average Bonchev–Trinajstić information content (AvgIpc) is 2.45. The summed E-state index contributed by atoms with van der Waals surface area (Å²) in [5.41, 5.74) is 1.35. The molecule has 0 amide bonds. The predicted molar refractivity (Wildman–Crippen MR) is 69.2 cm³/mol. The van der Waals surface area contributed by atoms with Crippen LogP contribution in [0.1, 0.15) is 36.9 Å². The molecule has 0 saturated heterocycles. The zero-order valence-corrected chi connectivity index (χ0v) is 10.7. The predicted octanol–water partition coefficient (Wildman–Crippen LogP) is 1.69. The molecule has 1 aromatic heterocycles. The van der Waals surface area contributed by atoms with Gasteiger partial charge < -0.3 is 10.4 Å². The number of carboxylic acids is 1. The molecule has 5 heteroatoms. The SMILES string of the molecule is N#Cc1ncccc1CNC1CCC(C(=O)O)CC1. The summed E-state index contributed by atoms with van der Waals surface area (Å²) in [6, 6.07) is 6.12. The number of carboxylic acid groups (broad SMARTS) is 1. The number of carbonyl (C=O) groups is 1. The van der Waals surface area contributed by atoms with Crippen molar-refractivity contribution in [2.75, 3.05) is 0 Å². The van der Waals surface area contributed by atoms with E-state index in [9.17, 15) is 4.79 Å². The van der Waals surface area contributed by atoms with Crippen LogP contribution in [0.4, 0.5) is 0 Å². The third-order valence-electron chi connectivity index (χ3n) is 3.65. The molecule has 1 aliphatic carbocycles. The van der Waals surface area contributed by atoms with Crippen molar-refractivity contribution in [2.24, 2.45) is 5.92 Å². The molecule has 19 heavy (non-hydrogen) atoms. The first-order valence-electron chi connectivity index (χ1n) is 6.51. The monoisotopic (exact) mass is 259 g/mol. The number of rotatable bonds is 4. The lowest BCUT2D eigenvalue weighted by Crippen LogP contribution is -2.34. The molecule has 1 saturated carbocycles. The molecule has 1 aliphatic rings. The van der Waals surface area contributed by atoms with Crippen molar-refractivity contribution in [3.63, 3.8) is 0 Å². The Morgan fingerprint density at radius 1 is 1.47 bits per heavy atom. The molecule has 0 aliphatic heterocycles. The van der Waals surface area contributed by atoms with Crippen molar-refractivity contribution >= 4 is 5.97 Å². The minimum Gasteiger partial charge on any atom is -0.481 e. The van der Waals surface area contributed by atoms with E-state index in [4.69, 9.17) is 10.4 Å². The van der Waals surface area contributed by atoms with Gasteiger partial charge in [-0.15, -0.1) is 0 Å². The zero-order chi connectivity index (χ0) is 13.7. The van der Waals surface area contributed by atoms with Crippen LogP contribution in [0.15, 0.2) is 18.3 Å². The van der Waals surface area contributed by atoms with E-state index in [1.54, 1.807) is 6.20 Å². The van der Waals surface area contributed by atoms with Crippen LogP contribution in [-0.2, 0) is 11.3 Å². The zero-order valence-electron chi connectivity index (χ0n) is 10.7. The second kappa shape index (κ2) is 6.30. The number of nitrogens with one attached hydrogen (secondary N) is 1. The van der Waals surface area contributed by atoms with Crippen LogP contribution in [0.25, 0.3) is 0 Å². The first-order chi connectivity index (χ1) is 9.20. The van der Waals surface area contributed by atoms with Gasteiger partial charge in [0, 0.05) is 24.3 Å². The largest absolute Gasteiger partial charge is 0.481 e. The summed E-state index contributed by atoms with van der Waals surface area (Å²) < 4.78 is 0. The Balaban J connectivity index is 1.84. The Hall–Kier alpha value is -1.93. The van der Waals surface area contributed by atoms with Gasteiger partial charge in [-0.2, -0.15) is 5.26 Å². The van der Waals surface area contributed by atoms with Crippen LogP contribution in [0.2, 0.25) is 0 Å². The highest BCUT2D eigenvalue weighted by atomic mass is 16.4. The van der Waals surface area contributed by atoms with Gasteiger partial charge in [0.2, 0.25) is 0 Å². The van der Waals surface area contributed by atoms with Crippen molar-refractivity contribution in [2.45, 2.75) is 38.3 Å². The topological polar surface area (TPSA) is 86.0 Å². The Morgan fingerprint density at radius 3 is 2.84 bits per heavy atom. The standard InChI is InChI=1S/C14H17N3O2/c15-8-13-11(2-1-7-16-13)9-17-12-5-3-10(4-6-12)14(18)19/h1-2,7,10,12,17H,3-6,9H2,(H,18,19). The van der Waals surface area contributed by atoms with Crippen LogP contribution in [0.5, 0.6) is 0 Å². The van der Waals surface area contributed by atoms with Gasteiger partial charge in [-0.1, -0.05) is 6.07 Å². The highest BCUT2D eigenvalue weighted by molar-refractivity contribution is 5.70. The molecule has 1 aromatic rings. The molecule has 2 N–H and O–H groups in total. The lowest BCUT2D eigenvalue weighted by Gasteiger charge is -2.27. The van der Waals surface area contributed by atoms with Gasteiger partial charge in [-0.05, 0) is 31.7 Å². The highest BCUT2D eigenvalue weighted by Gasteiger charge is 2.25. The molecule has 1 heterocycles. The Bertz CT molecular complexity index is 488. The summed E-state index contributed by atoms with van der Waals surface area (Å²) in [5, 5.41) is 21.3. The molecule has 5 nitrogen and oxygen atoms in total. The third-order valence-corrected chi connectivity index (χ3v) is 3.65. The van der Waals surface area contributed by atoms with E-state index in [1.807, 2.05) is 12.1 Å². The first-order valence-corrected chi connectivity index (χ1v) is 6.51. The van der Waals surface area contributed by atoms with E-state index in [0.717, 1.165) is 31.2 Å². The van der Waals surface area contributed by atoms with E-state index in [2.05, 4.69) is 16.4 Å². The minimum absolute atomic E-state index is 0.189. The van der Waals surface area contributed by atoms with E-state index in [-0.39, 0.29) is 5.92 Å². The summed E-state index contributed by atoms with van der Waals surface area (Å²) >= 11 is 0. The molecular formula is C14H17N3O2. The molecule has 2 rings (SSSR count). The third kappa shape index (κ3) is 3.52. The van der Waals surface area contributed by atoms with E-state index >= 15 is 0 Å². The fourth-order valence-corrected chi connectivity index (χ4v) is 2.48. The molecule has 0 aromatic carbocycles. The summed E-state index contributed by atoms with van der Waals surface area (Å²) in [6.07, 6.45) is 4.81. The number of aromatic nitrogens is 1. The summed E-state index contributed by atoms with van der Waals surface area (Å²) in [4.78, 5) is 14.9. The Labute approximate surface area is 112 Å². The molecule has 100 valence electrons. The quantitative estimate of drug-likeness (QED) is 0.859. The second-order valence-corrected chi connectivity index (χ2v) is 4.89. The Kier molecular flexibility index (Phi) is 4.48. The molecule has 0 atom stereocenters. The van der Waals surface area contributed by atoms with Gasteiger partial charge in [-0.25, -0.2) is 4.98 Å². The number of nitriles is 1. The number of nitrogens with zero attached hydrogens (tertiary/aromatic N) is 2. The van der Waals surface area contributed by atoms with Gasteiger partial charge >= 0.3 is 5.97 Å². The number of hydrogen-bond donors (Lipinski definition) is 2. The minimum atomic E-state index is -0.683. The second-order valence-electron chi connectivity index (χ2n) is 4.89. The van der Waals surface area contributed by atoms with Gasteiger partial charge in [0.25, 0.3) is 0 Å². The molecular weight excluding hydrogens is 242 g/mol. The van der Waals surface area contributed by atoms with Gasteiger partial charge in [0.05, 0.1) is 5.92 Å². The van der Waals surface area contributed by atoms with Crippen molar-refractivity contribution in [1.82, 2.24) is 10.3 Å². The summed E-state index contributed by atoms with van der Waals surface area (Å²) in [7, 11) is 0. The van der Waals surface area contributed by atoms with Crippen LogP contribution >= 0.6 is 0 Å². The maximum Gasteiger partial charge on any atom is 0.306 e. The van der Waals surface area contributed by atoms with E-state index < -0.39 is 5.97 Å². The fraction of sp³-hybridized carbons (Fsp3) is 0.500. The average molecular weight is 259 g/mol. The number of pyridine rings is 1. The van der Waals surface area contributed by atoms with Crippen LogP contribution in [0, 0.1) is 17.2 Å². The lowest BCUT2D eigenvalue weighted by atomic mass is 9.86. The van der Waals surface area contributed by atoms with Crippen molar-refractivity contribution < 1.29 is 9.90 Å². The van der Waals surface area contributed by atoms with Crippen LogP contribution in [0.3, 0.4) is 0 Å². The van der Waals surface area contributed by atoms with Gasteiger partial charge in [0.1, 0.15) is 11.8 Å². The molecule has 1 fully saturated rings. The van der Waals surface area contributed by atoms with E-state index in [0.29, 0.717) is 18.3 Å². The smallest absolute Gasteiger partial charge is 0.306 e. The maximum atomic E-state index is 10.9. The maximum absolute atomic E-state index is 10.9. The molecule has 0 bridgehead atoms. The fourth-order valence-electron chi connectivity index (χ4n) is 2.48. The molecule has 0 unspecified atom stereocenters. The van der Waals surface area contributed by atoms with Crippen LogP contribution < -0.4 is 5.32 Å². The normalized spacial score (nSPS) is 22.7. The van der Waals surface area contributed by atoms with Crippen LogP contribution in [-0.4, -0.2) is 22.1 Å². The Morgan fingerprint density at radius 2 is 2.21 bits per heavy atom. The van der Waals surface area contributed by atoms with E-state index in [1.165, 1.54) is 0 Å². The number of hydrogen-bond acceptors (Lipinski definition) is 4. The van der Waals surface area contributed by atoms with Crippen molar-refractivity contribution in [3.05, 3.63) is 29.6 Å². The highest BCUT2D eigenvalue weighted by Crippen LogP contribution is 2.24. The molecule has 0 spiro atoms. The summed E-state index contributed by atoms with van der Waals surface area (Å²) in [6.45, 7) is 0.610. The summed E-state index contributed by atoms with van der Waals surface area (Å²) in [5.74, 6) is -0.872. The molecule has 0 radical (unpaired) electrons. The van der Waals surface area contributed by atoms with Gasteiger partial charge in [0.15, 0.2) is 0 Å². The van der Waals surface area contributed by atoms with Crippen molar-refractivity contribution in [1.29, 1.82) is 5.26 Å². The first kappa shape index (κ1) is 13.5. The van der Waals surface area contributed by atoms with Crippen molar-refractivity contribution in [3.8, 4) is 6.07 Å². The van der Waals surface area contributed by atoms with Gasteiger partial charge in [-0.3, -0.25) is 4.79 Å². The lowest BCUT2D eigenvalue weighted by molar-refractivity contribution is -0.142.